The fourth-order valence-corrected chi connectivity index (χ4v) is 2.21. The zero-order chi connectivity index (χ0) is 10.2. The smallest absolute Gasteiger partial charge is 0.225 e. The Kier molecular flexibility index (Phi) is 2.49. The summed E-state index contributed by atoms with van der Waals surface area (Å²) < 4.78 is 11.0. The molecule has 2 rings (SSSR count). The van der Waals surface area contributed by atoms with Crippen molar-refractivity contribution in [2.75, 3.05) is 13.2 Å². The summed E-state index contributed by atoms with van der Waals surface area (Å²) in [5.74, 6) is -0.162. The van der Waals surface area contributed by atoms with Crippen molar-refractivity contribution >= 4 is 5.91 Å². The first kappa shape index (κ1) is 9.93. The Balaban J connectivity index is 1.89. The Morgan fingerprint density at radius 1 is 1.50 bits per heavy atom. The number of carbonyl (C=O) groups is 1. The van der Waals surface area contributed by atoms with Crippen molar-refractivity contribution in [1.82, 2.24) is 5.32 Å². The van der Waals surface area contributed by atoms with Crippen molar-refractivity contribution in [1.29, 1.82) is 0 Å². The van der Waals surface area contributed by atoms with E-state index in [1.54, 1.807) is 0 Å². The van der Waals surface area contributed by atoms with Gasteiger partial charge in [0.2, 0.25) is 5.91 Å². The molecule has 1 amide bonds. The largest absolute Gasteiger partial charge is 0.352 e. The minimum Gasteiger partial charge on any atom is -0.352 e. The SMILES string of the molecule is CC[C@@H]1C(=O)N[C@H]1CC1(C)OCCO1. The molecule has 2 heterocycles. The van der Waals surface area contributed by atoms with Gasteiger partial charge >= 0.3 is 0 Å². The number of ether oxygens (including phenoxy) is 2. The Morgan fingerprint density at radius 2 is 2.14 bits per heavy atom. The van der Waals surface area contributed by atoms with E-state index in [2.05, 4.69) is 5.32 Å². The van der Waals surface area contributed by atoms with E-state index in [1.165, 1.54) is 0 Å². The molecule has 2 aliphatic rings. The molecular weight excluding hydrogens is 182 g/mol. The molecule has 14 heavy (non-hydrogen) atoms. The Labute approximate surface area is 84.0 Å². The summed E-state index contributed by atoms with van der Waals surface area (Å²) in [6, 6.07) is 0.232. The van der Waals surface area contributed by atoms with Crippen LogP contribution in [0.15, 0.2) is 0 Å². The van der Waals surface area contributed by atoms with Crippen LogP contribution in [-0.4, -0.2) is 30.9 Å². The first-order valence-corrected chi connectivity index (χ1v) is 5.23. The van der Waals surface area contributed by atoms with Gasteiger partial charge < -0.3 is 14.8 Å². The molecule has 0 saturated carbocycles. The van der Waals surface area contributed by atoms with Gasteiger partial charge in [0.05, 0.1) is 19.1 Å². The molecule has 1 N–H and O–H groups in total. The van der Waals surface area contributed by atoms with E-state index in [1.807, 2.05) is 13.8 Å². The second-order valence-electron chi connectivity index (χ2n) is 4.16. The monoisotopic (exact) mass is 199 g/mol. The average Bonchev–Trinajstić information content (AvgIpc) is 2.52. The van der Waals surface area contributed by atoms with Crippen LogP contribution in [0.4, 0.5) is 0 Å². The summed E-state index contributed by atoms with van der Waals surface area (Å²) >= 11 is 0. The van der Waals surface area contributed by atoms with E-state index in [0.29, 0.717) is 13.2 Å². The predicted octanol–water partition coefficient (Wildman–Crippen LogP) is 0.664. The van der Waals surface area contributed by atoms with Gasteiger partial charge in [0.1, 0.15) is 0 Å². The third-order valence-corrected chi connectivity index (χ3v) is 3.08. The van der Waals surface area contributed by atoms with Crippen molar-refractivity contribution in [3.8, 4) is 0 Å². The second-order valence-corrected chi connectivity index (χ2v) is 4.16. The van der Waals surface area contributed by atoms with Crippen LogP contribution in [0.25, 0.3) is 0 Å². The van der Waals surface area contributed by atoms with Gasteiger partial charge in [-0.15, -0.1) is 0 Å². The first-order valence-electron chi connectivity index (χ1n) is 5.23. The van der Waals surface area contributed by atoms with Gasteiger partial charge in [0.15, 0.2) is 5.79 Å². The molecule has 0 bridgehead atoms. The van der Waals surface area contributed by atoms with Gasteiger partial charge in [0.25, 0.3) is 0 Å². The molecule has 0 radical (unpaired) electrons. The molecule has 80 valence electrons. The molecule has 4 nitrogen and oxygen atoms in total. The zero-order valence-electron chi connectivity index (χ0n) is 8.71. The van der Waals surface area contributed by atoms with E-state index < -0.39 is 5.79 Å². The fourth-order valence-electron chi connectivity index (χ4n) is 2.21. The van der Waals surface area contributed by atoms with Crippen LogP contribution in [0.3, 0.4) is 0 Å². The summed E-state index contributed by atoms with van der Waals surface area (Å²) in [5.41, 5.74) is 0. The second kappa shape index (κ2) is 3.51. The van der Waals surface area contributed by atoms with E-state index >= 15 is 0 Å². The quantitative estimate of drug-likeness (QED) is 0.679. The molecule has 0 spiro atoms. The lowest BCUT2D eigenvalue weighted by Crippen LogP contribution is -2.60. The number of amides is 1. The Morgan fingerprint density at radius 3 is 2.64 bits per heavy atom. The third-order valence-electron chi connectivity index (χ3n) is 3.08. The lowest BCUT2D eigenvalue weighted by molar-refractivity contribution is -0.164. The first-order chi connectivity index (χ1) is 6.64. The maximum atomic E-state index is 11.2. The number of hydrogen-bond donors (Lipinski definition) is 1. The van der Waals surface area contributed by atoms with Crippen LogP contribution in [-0.2, 0) is 14.3 Å². The molecule has 0 unspecified atom stereocenters. The standard InChI is InChI=1S/C10H17NO3/c1-3-7-8(11-9(7)12)6-10(2)13-4-5-14-10/h7-8H,3-6H2,1-2H3,(H,11,12)/t7-,8-/m0/s1. The molecule has 4 heteroatoms. The summed E-state index contributed by atoms with van der Waals surface area (Å²) in [5, 5.41) is 2.90. The lowest BCUT2D eigenvalue weighted by Gasteiger charge is -2.39. The van der Waals surface area contributed by atoms with Gasteiger partial charge in [-0.05, 0) is 13.3 Å². The lowest BCUT2D eigenvalue weighted by atomic mass is 9.84. The highest BCUT2D eigenvalue weighted by atomic mass is 16.7. The minimum atomic E-state index is -0.480. The third kappa shape index (κ3) is 1.64. The molecule has 2 atom stereocenters. The van der Waals surface area contributed by atoms with Gasteiger partial charge in [-0.2, -0.15) is 0 Å². The average molecular weight is 199 g/mol. The van der Waals surface area contributed by atoms with Gasteiger partial charge in [-0.1, -0.05) is 6.92 Å². The van der Waals surface area contributed by atoms with E-state index in [-0.39, 0.29) is 17.9 Å². The minimum absolute atomic E-state index is 0.152. The summed E-state index contributed by atoms with van der Waals surface area (Å²) in [7, 11) is 0. The van der Waals surface area contributed by atoms with Crippen LogP contribution in [0.5, 0.6) is 0 Å². The Hall–Kier alpha value is -0.610. The van der Waals surface area contributed by atoms with Crippen LogP contribution in [0.1, 0.15) is 26.7 Å². The molecule has 2 aliphatic heterocycles. The predicted molar refractivity (Wildman–Crippen MR) is 50.6 cm³/mol. The zero-order valence-corrected chi connectivity index (χ0v) is 8.71. The Bertz CT molecular complexity index is 236. The molecular formula is C10H17NO3. The van der Waals surface area contributed by atoms with E-state index in [4.69, 9.17) is 9.47 Å². The van der Waals surface area contributed by atoms with Crippen molar-refractivity contribution < 1.29 is 14.3 Å². The summed E-state index contributed by atoms with van der Waals surface area (Å²) in [4.78, 5) is 11.2. The summed E-state index contributed by atoms with van der Waals surface area (Å²) in [6.45, 7) is 5.30. The molecule has 2 fully saturated rings. The highest BCUT2D eigenvalue weighted by Crippen LogP contribution is 2.31. The van der Waals surface area contributed by atoms with Crippen molar-refractivity contribution in [3.63, 3.8) is 0 Å². The van der Waals surface area contributed by atoms with Crippen LogP contribution in [0, 0.1) is 5.92 Å². The van der Waals surface area contributed by atoms with Gasteiger partial charge in [-0.25, -0.2) is 0 Å². The van der Waals surface area contributed by atoms with Gasteiger partial charge in [0, 0.05) is 12.5 Å². The number of carbonyl (C=O) groups excluding carboxylic acids is 1. The molecule has 2 saturated heterocycles. The number of rotatable bonds is 3. The maximum absolute atomic E-state index is 11.2. The number of β-lactam (4-membered cyclic amide) rings is 1. The normalized spacial score (nSPS) is 35.1. The summed E-state index contributed by atoms with van der Waals surface area (Å²) in [6.07, 6.45) is 1.66. The highest BCUT2D eigenvalue weighted by Gasteiger charge is 2.44. The molecule has 0 aromatic rings. The van der Waals surface area contributed by atoms with E-state index in [0.717, 1.165) is 12.8 Å². The van der Waals surface area contributed by atoms with Crippen molar-refractivity contribution in [2.24, 2.45) is 5.92 Å². The number of hydrogen-bond acceptors (Lipinski definition) is 3. The van der Waals surface area contributed by atoms with Gasteiger partial charge in [-0.3, -0.25) is 4.79 Å². The van der Waals surface area contributed by atoms with Crippen molar-refractivity contribution in [3.05, 3.63) is 0 Å². The molecule has 0 aromatic carbocycles. The van der Waals surface area contributed by atoms with Crippen LogP contribution in [0.2, 0.25) is 0 Å². The highest BCUT2D eigenvalue weighted by molar-refractivity contribution is 5.85. The topological polar surface area (TPSA) is 47.6 Å². The van der Waals surface area contributed by atoms with Crippen molar-refractivity contribution in [2.45, 2.75) is 38.5 Å². The van der Waals surface area contributed by atoms with Crippen LogP contribution >= 0.6 is 0 Å². The van der Waals surface area contributed by atoms with E-state index in [9.17, 15) is 4.79 Å². The maximum Gasteiger partial charge on any atom is 0.225 e. The fraction of sp³-hybridized carbons (Fsp3) is 0.900. The van der Waals surface area contributed by atoms with Crippen LogP contribution < -0.4 is 5.32 Å². The molecule has 0 aromatic heterocycles. The number of nitrogens with one attached hydrogen (secondary N) is 1. The molecule has 0 aliphatic carbocycles.